The van der Waals surface area contributed by atoms with E-state index in [2.05, 4.69) is 81.5 Å². The summed E-state index contributed by atoms with van der Waals surface area (Å²) in [6.07, 6.45) is 1.04. The van der Waals surface area contributed by atoms with Crippen LogP contribution in [0.1, 0.15) is 38.8 Å². The molecule has 0 aliphatic carbocycles. The average molecular weight is 297 g/mol. The summed E-state index contributed by atoms with van der Waals surface area (Å²) in [7, 11) is 0. The van der Waals surface area contributed by atoms with Crippen molar-refractivity contribution in [3.63, 3.8) is 0 Å². The molecule has 0 heterocycles. The molecule has 2 heteroatoms. The SMILES string of the molecule is CCc1ccccc1NCCOc1ccc(C(C)(C)C)cc1. The zero-order valence-electron chi connectivity index (χ0n) is 14.1. The Morgan fingerprint density at radius 2 is 1.64 bits per heavy atom. The van der Waals surface area contributed by atoms with E-state index in [1.807, 2.05) is 0 Å². The van der Waals surface area contributed by atoms with Crippen molar-refractivity contribution in [2.75, 3.05) is 18.5 Å². The number of para-hydroxylation sites is 1. The Labute approximate surface area is 134 Å². The largest absolute Gasteiger partial charge is 0.492 e. The first-order chi connectivity index (χ1) is 10.5. The second-order valence-electron chi connectivity index (χ2n) is 6.56. The Morgan fingerprint density at radius 3 is 2.27 bits per heavy atom. The lowest BCUT2D eigenvalue weighted by Gasteiger charge is -2.19. The van der Waals surface area contributed by atoms with Crippen LogP contribution in [0.25, 0.3) is 0 Å². The van der Waals surface area contributed by atoms with Crippen LogP contribution in [0.15, 0.2) is 48.5 Å². The number of benzene rings is 2. The van der Waals surface area contributed by atoms with Gasteiger partial charge in [-0.3, -0.25) is 0 Å². The van der Waals surface area contributed by atoms with E-state index in [0.29, 0.717) is 6.61 Å². The van der Waals surface area contributed by atoms with E-state index in [0.717, 1.165) is 18.7 Å². The Morgan fingerprint density at radius 1 is 0.955 bits per heavy atom. The van der Waals surface area contributed by atoms with Gasteiger partial charge in [0.25, 0.3) is 0 Å². The third kappa shape index (κ3) is 4.52. The molecule has 2 aromatic rings. The predicted molar refractivity (Wildman–Crippen MR) is 94.9 cm³/mol. The summed E-state index contributed by atoms with van der Waals surface area (Å²) >= 11 is 0. The van der Waals surface area contributed by atoms with Crippen molar-refractivity contribution < 1.29 is 4.74 Å². The minimum absolute atomic E-state index is 0.184. The summed E-state index contributed by atoms with van der Waals surface area (Å²) in [6, 6.07) is 16.8. The number of ether oxygens (including phenoxy) is 1. The highest BCUT2D eigenvalue weighted by atomic mass is 16.5. The van der Waals surface area contributed by atoms with Crippen LogP contribution in [0.3, 0.4) is 0 Å². The zero-order valence-corrected chi connectivity index (χ0v) is 14.1. The van der Waals surface area contributed by atoms with Crippen molar-refractivity contribution >= 4 is 5.69 Å². The van der Waals surface area contributed by atoms with E-state index in [1.165, 1.54) is 16.8 Å². The van der Waals surface area contributed by atoms with Gasteiger partial charge in [-0.15, -0.1) is 0 Å². The fourth-order valence-electron chi connectivity index (χ4n) is 2.41. The summed E-state index contributed by atoms with van der Waals surface area (Å²) in [4.78, 5) is 0. The molecule has 0 bridgehead atoms. The molecule has 2 aromatic carbocycles. The molecule has 118 valence electrons. The average Bonchev–Trinajstić information content (AvgIpc) is 2.51. The van der Waals surface area contributed by atoms with E-state index in [-0.39, 0.29) is 5.41 Å². The van der Waals surface area contributed by atoms with Gasteiger partial charge in [-0.2, -0.15) is 0 Å². The number of anilines is 1. The van der Waals surface area contributed by atoms with Crippen LogP contribution < -0.4 is 10.1 Å². The quantitative estimate of drug-likeness (QED) is 0.754. The molecule has 1 N–H and O–H groups in total. The van der Waals surface area contributed by atoms with Crippen LogP contribution in [0.5, 0.6) is 5.75 Å². The van der Waals surface area contributed by atoms with Crippen LogP contribution in [0.4, 0.5) is 5.69 Å². The minimum Gasteiger partial charge on any atom is -0.492 e. The maximum Gasteiger partial charge on any atom is 0.119 e. The van der Waals surface area contributed by atoms with Crippen molar-refractivity contribution in [1.29, 1.82) is 0 Å². The maximum atomic E-state index is 5.81. The fraction of sp³-hybridized carbons (Fsp3) is 0.400. The van der Waals surface area contributed by atoms with Gasteiger partial charge in [0.1, 0.15) is 12.4 Å². The molecule has 0 unspecified atom stereocenters. The van der Waals surface area contributed by atoms with E-state index in [4.69, 9.17) is 4.74 Å². The lowest BCUT2D eigenvalue weighted by Crippen LogP contribution is -2.13. The monoisotopic (exact) mass is 297 g/mol. The van der Waals surface area contributed by atoms with Crippen LogP contribution in [-0.4, -0.2) is 13.2 Å². The highest BCUT2D eigenvalue weighted by Gasteiger charge is 2.12. The standard InChI is InChI=1S/C20H27NO/c1-5-16-8-6-7-9-19(16)21-14-15-22-18-12-10-17(11-13-18)20(2,3)4/h6-13,21H,5,14-15H2,1-4H3. The molecule has 0 aromatic heterocycles. The number of nitrogens with one attached hydrogen (secondary N) is 1. The van der Waals surface area contributed by atoms with Gasteiger partial charge in [-0.05, 0) is 41.2 Å². The van der Waals surface area contributed by atoms with Gasteiger partial charge in [-0.25, -0.2) is 0 Å². The topological polar surface area (TPSA) is 21.3 Å². The molecule has 0 fully saturated rings. The highest BCUT2D eigenvalue weighted by molar-refractivity contribution is 5.51. The van der Waals surface area contributed by atoms with Crippen LogP contribution >= 0.6 is 0 Å². The molecule has 0 saturated heterocycles. The molecule has 2 nitrogen and oxygen atoms in total. The number of hydrogen-bond acceptors (Lipinski definition) is 2. The molecule has 0 aliphatic heterocycles. The van der Waals surface area contributed by atoms with Crippen LogP contribution in [-0.2, 0) is 11.8 Å². The van der Waals surface area contributed by atoms with Gasteiger partial charge >= 0.3 is 0 Å². The molecule has 22 heavy (non-hydrogen) atoms. The molecular formula is C20H27NO. The third-order valence-electron chi connectivity index (χ3n) is 3.80. The van der Waals surface area contributed by atoms with E-state index in [9.17, 15) is 0 Å². The first kappa shape index (κ1) is 16.4. The molecular weight excluding hydrogens is 270 g/mol. The molecule has 0 amide bonds. The van der Waals surface area contributed by atoms with Crippen molar-refractivity contribution in [3.8, 4) is 5.75 Å². The summed E-state index contributed by atoms with van der Waals surface area (Å²) in [6.45, 7) is 10.3. The molecule has 0 aliphatic rings. The van der Waals surface area contributed by atoms with Crippen molar-refractivity contribution in [2.24, 2.45) is 0 Å². The van der Waals surface area contributed by atoms with Gasteiger partial charge in [0.15, 0.2) is 0 Å². The van der Waals surface area contributed by atoms with Crippen molar-refractivity contribution in [1.82, 2.24) is 0 Å². The molecule has 0 spiro atoms. The summed E-state index contributed by atoms with van der Waals surface area (Å²) in [5.74, 6) is 0.929. The Balaban J connectivity index is 1.82. The van der Waals surface area contributed by atoms with Gasteiger partial charge < -0.3 is 10.1 Å². The van der Waals surface area contributed by atoms with Gasteiger partial charge in [0.2, 0.25) is 0 Å². The predicted octanol–water partition coefficient (Wildman–Crippen LogP) is 5.04. The highest BCUT2D eigenvalue weighted by Crippen LogP contribution is 2.24. The van der Waals surface area contributed by atoms with Crippen molar-refractivity contribution in [3.05, 3.63) is 59.7 Å². The fourth-order valence-corrected chi connectivity index (χ4v) is 2.41. The normalized spacial score (nSPS) is 11.3. The van der Waals surface area contributed by atoms with Gasteiger partial charge in [-0.1, -0.05) is 58.0 Å². The molecule has 0 radical (unpaired) electrons. The van der Waals surface area contributed by atoms with Crippen LogP contribution in [0.2, 0.25) is 0 Å². The number of aryl methyl sites for hydroxylation is 1. The summed E-state index contributed by atoms with van der Waals surface area (Å²) in [5.41, 5.74) is 4.06. The van der Waals surface area contributed by atoms with E-state index in [1.54, 1.807) is 0 Å². The minimum atomic E-state index is 0.184. The Kier molecular flexibility index (Phi) is 5.48. The molecule has 0 atom stereocenters. The lowest BCUT2D eigenvalue weighted by molar-refractivity contribution is 0.332. The summed E-state index contributed by atoms with van der Waals surface area (Å²) < 4.78 is 5.81. The number of rotatable bonds is 6. The Bertz CT molecular complexity index is 581. The van der Waals surface area contributed by atoms with E-state index < -0.39 is 0 Å². The Hall–Kier alpha value is -1.96. The molecule has 0 saturated carbocycles. The lowest BCUT2D eigenvalue weighted by atomic mass is 9.87. The second kappa shape index (κ2) is 7.35. The summed E-state index contributed by atoms with van der Waals surface area (Å²) in [5, 5.41) is 3.45. The third-order valence-corrected chi connectivity index (χ3v) is 3.80. The first-order valence-corrected chi connectivity index (χ1v) is 8.06. The second-order valence-corrected chi connectivity index (χ2v) is 6.56. The number of hydrogen-bond donors (Lipinski definition) is 1. The first-order valence-electron chi connectivity index (χ1n) is 8.06. The maximum absolute atomic E-state index is 5.81. The molecule has 2 rings (SSSR count). The van der Waals surface area contributed by atoms with Gasteiger partial charge in [0.05, 0.1) is 0 Å². The van der Waals surface area contributed by atoms with Crippen LogP contribution in [0, 0.1) is 0 Å². The smallest absolute Gasteiger partial charge is 0.119 e. The zero-order chi connectivity index (χ0) is 16.0. The van der Waals surface area contributed by atoms with Crippen molar-refractivity contribution in [2.45, 2.75) is 39.5 Å². The van der Waals surface area contributed by atoms with E-state index >= 15 is 0 Å². The van der Waals surface area contributed by atoms with Gasteiger partial charge in [0, 0.05) is 12.2 Å².